The molecule has 2 heterocycles. The highest BCUT2D eigenvalue weighted by molar-refractivity contribution is 7.80. The van der Waals surface area contributed by atoms with Gasteiger partial charge in [0.1, 0.15) is 10.8 Å². The summed E-state index contributed by atoms with van der Waals surface area (Å²) in [5.74, 6) is -0.242. The fourth-order valence-corrected chi connectivity index (χ4v) is 3.71. The Balaban J connectivity index is 1.82. The summed E-state index contributed by atoms with van der Waals surface area (Å²) in [6.45, 7) is 2.58. The highest BCUT2D eigenvalue weighted by Gasteiger charge is 2.18. The molecule has 2 N–H and O–H groups in total. The fraction of sp³-hybridized carbons (Fsp3) is 0.267. The van der Waals surface area contributed by atoms with Crippen LogP contribution in [0.15, 0.2) is 29.6 Å². The second kappa shape index (κ2) is 5.60. The van der Waals surface area contributed by atoms with Gasteiger partial charge in [0.15, 0.2) is 0 Å². The smallest absolute Gasteiger partial charge is 0.123 e. The Morgan fingerprint density at radius 2 is 2.25 bits per heavy atom. The van der Waals surface area contributed by atoms with Crippen molar-refractivity contribution in [2.45, 2.75) is 19.5 Å². The van der Waals surface area contributed by atoms with Gasteiger partial charge in [0.05, 0.1) is 0 Å². The molecule has 0 aliphatic carbocycles. The Labute approximate surface area is 127 Å². The summed E-state index contributed by atoms with van der Waals surface area (Å²) in [4.78, 5) is 4.11. The maximum absolute atomic E-state index is 13.5. The Hall–Kier alpha value is -1.30. The third-order valence-electron chi connectivity index (χ3n) is 3.61. The molecular formula is C15H15FN2S2. The van der Waals surface area contributed by atoms with E-state index in [-0.39, 0.29) is 5.82 Å². The molecule has 0 spiro atoms. The highest BCUT2D eigenvalue weighted by Crippen LogP contribution is 2.25. The van der Waals surface area contributed by atoms with Crippen molar-refractivity contribution in [2.24, 2.45) is 5.73 Å². The van der Waals surface area contributed by atoms with E-state index in [0.717, 1.165) is 30.6 Å². The minimum atomic E-state index is -0.242. The van der Waals surface area contributed by atoms with Crippen LogP contribution in [-0.4, -0.2) is 16.4 Å². The fourth-order valence-electron chi connectivity index (χ4n) is 2.62. The van der Waals surface area contributed by atoms with Crippen LogP contribution >= 0.6 is 23.6 Å². The third-order valence-corrected chi connectivity index (χ3v) is 4.86. The van der Waals surface area contributed by atoms with Crippen LogP contribution in [0.25, 0.3) is 0 Å². The molecule has 5 heteroatoms. The van der Waals surface area contributed by atoms with Gasteiger partial charge in [-0.1, -0.05) is 12.2 Å². The molecule has 1 aromatic carbocycles. The maximum atomic E-state index is 13.5. The Kier molecular flexibility index (Phi) is 3.83. The van der Waals surface area contributed by atoms with Crippen molar-refractivity contribution in [3.63, 3.8) is 0 Å². The molecule has 0 unspecified atom stereocenters. The van der Waals surface area contributed by atoms with Crippen LogP contribution in [0.5, 0.6) is 0 Å². The van der Waals surface area contributed by atoms with Crippen LogP contribution in [0.1, 0.15) is 21.6 Å². The summed E-state index contributed by atoms with van der Waals surface area (Å²) in [5, 5.41) is 2.14. The van der Waals surface area contributed by atoms with E-state index in [1.165, 1.54) is 22.6 Å². The first kappa shape index (κ1) is 13.7. The van der Waals surface area contributed by atoms with Gasteiger partial charge in [-0.15, -0.1) is 11.3 Å². The zero-order chi connectivity index (χ0) is 14.1. The van der Waals surface area contributed by atoms with Gasteiger partial charge in [0.25, 0.3) is 0 Å². The largest absolute Gasteiger partial charge is 0.389 e. The highest BCUT2D eigenvalue weighted by atomic mass is 32.1. The zero-order valence-electron chi connectivity index (χ0n) is 10.9. The quantitative estimate of drug-likeness (QED) is 0.884. The first-order chi connectivity index (χ1) is 9.63. The molecule has 104 valence electrons. The number of nitrogens with zero attached hydrogens (tertiary/aromatic N) is 1. The average Bonchev–Trinajstić information content (AvgIpc) is 2.85. The first-order valence-corrected chi connectivity index (χ1v) is 7.78. The molecule has 0 radical (unpaired) electrons. The SMILES string of the molecule is NC(=S)c1ccc(F)cc1CN1CCc2sccc2C1. The number of thiophene rings is 1. The number of thiocarbonyl (C=S) groups is 1. The molecule has 0 saturated heterocycles. The molecule has 0 saturated carbocycles. The summed E-state index contributed by atoms with van der Waals surface area (Å²) in [6, 6.07) is 6.79. The molecule has 20 heavy (non-hydrogen) atoms. The molecule has 1 aliphatic heterocycles. The van der Waals surface area contributed by atoms with Crippen LogP contribution in [0.2, 0.25) is 0 Å². The normalized spacial score (nSPS) is 15.1. The van der Waals surface area contributed by atoms with Crippen molar-refractivity contribution < 1.29 is 4.39 Å². The van der Waals surface area contributed by atoms with E-state index in [9.17, 15) is 4.39 Å². The molecule has 0 bridgehead atoms. The summed E-state index contributed by atoms with van der Waals surface area (Å²) in [7, 11) is 0. The molecule has 1 aromatic heterocycles. The predicted molar refractivity (Wildman–Crippen MR) is 84.4 cm³/mol. The summed E-state index contributed by atoms with van der Waals surface area (Å²) in [6.07, 6.45) is 1.06. The Morgan fingerprint density at radius 1 is 1.40 bits per heavy atom. The second-order valence-corrected chi connectivity index (χ2v) is 6.44. The number of fused-ring (bicyclic) bond motifs is 1. The van der Waals surface area contributed by atoms with E-state index in [0.29, 0.717) is 11.5 Å². The van der Waals surface area contributed by atoms with Crippen LogP contribution < -0.4 is 5.73 Å². The van der Waals surface area contributed by atoms with Gasteiger partial charge in [-0.25, -0.2) is 4.39 Å². The molecule has 0 fully saturated rings. The minimum absolute atomic E-state index is 0.242. The van der Waals surface area contributed by atoms with E-state index >= 15 is 0 Å². The van der Waals surface area contributed by atoms with Gasteiger partial charge >= 0.3 is 0 Å². The zero-order valence-corrected chi connectivity index (χ0v) is 12.6. The summed E-state index contributed by atoms with van der Waals surface area (Å²) < 4.78 is 13.5. The average molecular weight is 306 g/mol. The van der Waals surface area contributed by atoms with Gasteiger partial charge in [0, 0.05) is 30.1 Å². The number of halogens is 1. The molecule has 0 amide bonds. The summed E-state index contributed by atoms with van der Waals surface area (Å²) in [5.41, 5.74) is 8.75. The second-order valence-electron chi connectivity index (χ2n) is 5.00. The molecule has 1 aliphatic rings. The maximum Gasteiger partial charge on any atom is 0.123 e. The van der Waals surface area contributed by atoms with Gasteiger partial charge in [-0.05, 0) is 47.2 Å². The van der Waals surface area contributed by atoms with Gasteiger partial charge in [-0.3, -0.25) is 4.90 Å². The van der Waals surface area contributed by atoms with Crippen LogP contribution in [0.4, 0.5) is 4.39 Å². The number of hydrogen-bond acceptors (Lipinski definition) is 3. The van der Waals surface area contributed by atoms with Crippen LogP contribution in [0.3, 0.4) is 0 Å². The number of benzene rings is 1. The lowest BCUT2D eigenvalue weighted by Gasteiger charge is -2.27. The minimum Gasteiger partial charge on any atom is -0.389 e. The van der Waals surface area contributed by atoms with Crippen molar-refractivity contribution in [2.75, 3.05) is 6.54 Å². The molecule has 3 rings (SSSR count). The van der Waals surface area contributed by atoms with Crippen molar-refractivity contribution in [1.29, 1.82) is 0 Å². The lowest BCUT2D eigenvalue weighted by molar-refractivity contribution is 0.247. The van der Waals surface area contributed by atoms with Gasteiger partial charge in [-0.2, -0.15) is 0 Å². The molecule has 2 nitrogen and oxygen atoms in total. The Bertz CT molecular complexity index is 651. The van der Waals surface area contributed by atoms with Crippen LogP contribution in [0, 0.1) is 5.82 Å². The standard InChI is InChI=1S/C15H15FN2S2/c16-12-1-2-13(15(17)19)11(7-12)9-18-5-3-14-10(8-18)4-6-20-14/h1-2,4,6-7H,3,5,8-9H2,(H2,17,19). The van der Waals surface area contributed by atoms with Crippen molar-refractivity contribution >= 4 is 28.5 Å². The molecule has 0 atom stereocenters. The van der Waals surface area contributed by atoms with Gasteiger partial charge < -0.3 is 5.73 Å². The van der Waals surface area contributed by atoms with Crippen molar-refractivity contribution in [3.05, 3.63) is 57.0 Å². The van der Waals surface area contributed by atoms with E-state index in [4.69, 9.17) is 18.0 Å². The first-order valence-electron chi connectivity index (χ1n) is 6.49. The lowest BCUT2D eigenvalue weighted by atomic mass is 10.0. The topological polar surface area (TPSA) is 29.3 Å². The van der Waals surface area contributed by atoms with E-state index in [2.05, 4.69) is 16.3 Å². The van der Waals surface area contributed by atoms with E-state index in [1.807, 2.05) is 11.3 Å². The van der Waals surface area contributed by atoms with Crippen molar-refractivity contribution in [1.82, 2.24) is 4.90 Å². The van der Waals surface area contributed by atoms with Gasteiger partial charge in [0.2, 0.25) is 0 Å². The predicted octanol–water partition coefficient (Wildman–Crippen LogP) is 3.08. The van der Waals surface area contributed by atoms with E-state index < -0.39 is 0 Å². The third kappa shape index (κ3) is 2.75. The Morgan fingerprint density at radius 3 is 3.05 bits per heavy atom. The van der Waals surface area contributed by atoms with Crippen molar-refractivity contribution in [3.8, 4) is 0 Å². The van der Waals surface area contributed by atoms with Crippen LogP contribution in [-0.2, 0) is 19.5 Å². The number of rotatable bonds is 3. The number of hydrogen-bond donors (Lipinski definition) is 1. The molecular weight excluding hydrogens is 291 g/mol. The lowest BCUT2D eigenvalue weighted by Crippen LogP contribution is -2.30. The van der Waals surface area contributed by atoms with E-state index in [1.54, 1.807) is 6.07 Å². The summed E-state index contributed by atoms with van der Waals surface area (Å²) >= 11 is 6.86. The molecule has 2 aromatic rings. The monoisotopic (exact) mass is 306 g/mol. The number of nitrogens with two attached hydrogens (primary N) is 1.